The highest BCUT2D eigenvalue weighted by atomic mass is 32.2. The van der Waals surface area contributed by atoms with E-state index in [1.165, 1.54) is 28.4 Å². The Labute approximate surface area is 207 Å². The summed E-state index contributed by atoms with van der Waals surface area (Å²) in [5, 5.41) is 10.5. The third kappa shape index (κ3) is 4.84. The number of fused-ring (bicyclic) bond motifs is 1. The Morgan fingerprint density at radius 3 is 2.38 bits per heavy atom. The van der Waals surface area contributed by atoms with Crippen molar-refractivity contribution in [2.24, 2.45) is 5.92 Å². The maximum absolute atomic E-state index is 15.2. The molecule has 0 radical (unpaired) electrons. The molecule has 0 amide bonds. The average molecular weight is 539 g/mol. The lowest BCUT2D eigenvalue weighted by Crippen LogP contribution is -2.42. The highest BCUT2D eigenvalue weighted by Crippen LogP contribution is 2.29. The maximum atomic E-state index is 15.2. The SMILES string of the molecule is CC1C=c2c(c(C#N)c(-c3ccc(S(=O)(=O)N[C@@H](C)C(F)(F)F)cn3)n2-c2ncc(F)cn2)=CC1(C)F. The second-order valence-corrected chi connectivity index (χ2v) is 10.4. The minimum absolute atomic E-state index is 0.0247. The molecule has 1 N–H and O–H groups in total. The zero-order chi connectivity index (χ0) is 27.3. The molecule has 0 spiro atoms. The van der Waals surface area contributed by atoms with Gasteiger partial charge in [0.15, 0.2) is 5.82 Å². The van der Waals surface area contributed by atoms with Gasteiger partial charge in [-0.2, -0.15) is 23.2 Å². The lowest BCUT2D eigenvalue weighted by atomic mass is 9.87. The van der Waals surface area contributed by atoms with Gasteiger partial charge in [-0.05, 0) is 32.1 Å². The molecule has 2 unspecified atom stereocenters. The van der Waals surface area contributed by atoms with Crippen molar-refractivity contribution in [1.82, 2.24) is 24.2 Å². The summed E-state index contributed by atoms with van der Waals surface area (Å²) in [6, 6.07) is 1.86. The first kappa shape index (κ1) is 26.4. The Hall–Kier alpha value is -3.70. The number of aromatic nitrogens is 4. The van der Waals surface area contributed by atoms with E-state index in [0.29, 0.717) is 12.3 Å². The molecule has 3 atom stereocenters. The van der Waals surface area contributed by atoms with E-state index in [9.17, 15) is 31.2 Å². The molecular weight excluding hydrogens is 519 g/mol. The van der Waals surface area contributed by atoms with Gasteiger partial charge in [-0.3, -0.25) is 9.55 Å². The fourth-order valence-corrected chi connectivity index (χ4v) is 4.94. The second kappa shape index (κ2) is 9.00. The third-order valence-corrected chi connectivity index (χ3v) is 7.53. The number of alkyl halides is 4. The first-order chi connectivity index (χ1) is 17.2. The van der Waals surface area contributed by atoms with E-state index >= 15 is 4.39 Å². The predicted octanol–water partition coefficient (Wildman–Crippen LogP) is 2.51. The summed E-state index contributed by atoms with van der Waals surface area (Å²) in [4.78, 5) is 11.5. The molecule has 0 saturated heterocycles. The summed E-state index contributed by atoms with van der Waals surface area (Å²) >= 11 is 0. The zero-order valence-electron chi connectivity index (χ0n) is 19.5. The third-order valence-electron chi connectivity index (χ3n) is 6.00. The number of hydrogen-bond acceptors (Lipinski definition) is 6. The maximum Gasteiger partial charge on any atom is 0.404 e. The van der Waals surface area contributed by atoms with Crippen LogP contribution in [0.5, 0.6) is 0 Å². The Balaban J connectivity index is 1.93. The largest absolute Gasteiger partial charge is 0.404 e. The Kier molecular flexibility index (Phi) is 6.41. The van der Waals surface area contributed by atoms with E-state index < -0.39 is 44.5 Å². The topological polar surface area (TPSA) is 114 Å². The van der Waals surface area contributed by atoms with Crippen LogP contribution in [0.4, 0.5) is 22.0 Å². The van der Waals surface area contributed by atoms with Gasteiger partial charge >= 0.3 is 6.18 Å². The van der Waals surface area contributed by atoms with Crippen molar-refractivity contribution in [3.8, 4) is 23.4 Å². The van der Waals surface area contributed by atoms with E-state index in [2.05, 4.69) is 15.0 Å². The van der Waals surface area contributed by atoms with Crippen molar-refractivity contribution < 1.29 is 30.4 Å². The number of halogens is 5. The predicted molar refractivity (Wildman–Crippen MR) is 122 cm³/mol. The molecule has 0 bridgehead atoms. The number of nitriles is 1. The highest BCUT2D eigenvalue weighted by molar-refractivity contribution is 7.89. The molecule has 37 heavy (non-hydrogen) atoms. The normalized spacial score (nSPS) is 20.4. The van der Waals surface area contributed by atoms with E-state index in [1.54, 1.807) is 13.0 Å². The standard InChI is InChI=1S/C23H19F5N6O2S/c1-12-6-19-16(7-22(12,3)25)17(8-29)20(34(19)21-31-9-14(24)10-32-21)18-5-4-15(11-30-18)37(35,36)33-13(2)23(26,27)28/h4-7,9-13,33H,1-3H3/t12?,13-,22?/m0/s1. The van der Waals surface area contributed by atoms with Crippen LogP contribution in [0.15, 0.2) is 35.6 Å². The van der Waals surface area contributed by atoms with Crippen molar-refractivity contribution in [2.45, 2.75) is 43.6 Å². The van der Waals surface area contributed by atoms with Gasteiger partial charge in [-0.1, -0.05) is 13.0 Å². The average Bonchev–Trinajstić information content (AvgIpc) is 3.11. The van der Waals surface area contributed by atoms with Crippen LogP contribution in [0.1, 0.15) is 26.3 Å². The van der Waals surface area contributed by atoms with Gasteiger partial charge in [0, 0.05) is 17.3 Å². The summed E-state index contributed by atoms with van der Waals surface area (Å²) in [6.07, 6.45) is 0.669. The van der Waals surface area contributed by atoms with Crippen LogP contribution in [-0.2, 0) is 10.0 Å². The van der Waals surface area contributed by atoms with Gasteiger partial charge in [-0.15, -0.1) is 0 Å². The molecule has 194 valence electrons. The van der Waals surface area contributed by atoms with E-state index in [-0.39, 0.29) is 28.1 Å². The van der Waals surface area contributed by atoms with Gasteiger partial charge in [0.05, 0.1) is 34.7 Å². The Bertz CT molecular complexity index is 1620. The molecule has 4 rings (SSSR count). The molecule has 0 saturated carbocycles. The summed E-state index contributed by atoms with van der Waals surface area (Å²) < 4.78 is 95.0. The summed E-state index contributed by atoms with van der Waals surface area (Å²) in [5.41, 5.74) is -1.74. The lowest BCUT2D eigenvalue weighted by molar-refractivity contribution is -0.147. The molecule has 1 aliphatic carbocycles. The van der Waals surface area contributed by atoms with E-state index in [1.807, 2.05) is 6.07 Å². The first-order valence-corrected chi connectivity index (χ1v) is 12.3. The summed E-state index contributed by atoms with van der Waals surface area (Å²) in [6.45, 7) is 3.63. The quantitative estimate of drug-likeness (QED) is 0.500. The summed E-state index contributed by atoms with van der Waals surface area (Å²) in [5.74, 6) is -1.41. The van der Waals surface area contributed by atoms with Crippen LogP contribution >= 0.6 is 0 Å². The fraction of sp³-hybridized carbons (Fsp3) is 0.304. The number of sulfonamides is 1. The van der Waals surface area contributed by atoms with Crippen molar-refractivity contribution in [3.63, 3.8) is 0 Å². The van der Waals surface area contributed by atoms with Crippen molar-refractivity contribution in [2.75, 3.05) is 0 Å². The van der Waals surface area contributed by atoms with E-state index in [0.717, 1.165) is 24.7 Å². The van der Waals surface area contributed by atoms with Crippen LogP contribution in [0.25, 0.3) is 29.5 Å². The van der Waals surface area contributed by atoms with Gasteiger partial charge < -0.3 is 0 Å². The van der Waals surface area contributed by atoms with Gasteiger partial charge in [0.1, 0.15) is 22.7 Å². The number of rotatable bonds is 5. The summed E-state index contributed by atoms with van der Waals surface area (Å²) in [7, 11) is -4.58. The van der Waals surface area contributed by atoms with Gasteiger partial charge in [0.25, 0.3) is 0 Å². The van der Waals surface area contributed by atoms with Crippen LogP contribution in [0.2, 0.25) is 0 Å². The van der Waals surface area contributed by atoms with Crippen molar-refractivity contribution in [3.05, 3.63) is 52.7 Å². The molecule has 3 heterocycles. The van der Waals surface area contributed by atoms with Crippen molar-refractivity contribution in [1.29, 1.82) is 5.26 Å². The highest BCUT2D eigenvalue weighted by Gasteiger charge is 2.39. The van der Waals surface area contributed by atoms with Crippen LogP contribution in [0.3, 0.4) is 0 Å². The first-order valence-electron chi connectivity index (χ1n) is 10.8. The fourth-order valence-electron chi connectivity index (χ4n) is 3.76. The molecule has 0 aliphatic heterocycles. The van der Waals surface area contributed by atoms with Crippen LogP contribution < -0.4 is 15.3 Å². The smallest absolute Gasteiger partial charge is 0.275 e. The Morgan fingerprint density at radius 1 is 1.19 bits per heavy atom. The molecule has 8 nitrogen and oxygen atoms in total. The molecule has 0 fully saturated rings. The van der Waals surface area contributed by atoms with Gasteiger partial charge in [-0.25, -0.2) is 27.2 Å². The number of nitrogens with one attached hydrogen (secondary N) is 1. The number of hydrogen-bond donors (Lipinski definition) is 1. The molecule has 0 aromatic carbocycles. The molecule has 14 heteroatoms. The Morgan fingerprint density at radius 2 is 1.84 bits per heavy atom. The van der Waals surface area contributed by atoms with Gasteiger partial charge in [0.2, 0.25) is 16.0 Å². The van der Waals surface area contributed by atoms with Crippen molar-refractivity contribution >= 4 is 22.2 Å². The second-order valence-electron chi connectivity index (χ2n) is 8.69. The molecule has 3 aromatic rings. The zero-order valence-corrected chi connectivity index (χ0v) is 20.4. The van der Waals surface area contributed by atoms with E-state index in [4.69, 9.17) is 0 Å². The lowest BCUT2D eigenvalue weighted by Gasteiger charge is -2.24. The number of pyridine rings is 1. The minimum atomic E-state index is -4.80. The molecule has 1 aliphatic rings. The van der Waals surface area contributed by atoms with Crippen LogP contribution in [-0.4, -0.2) is 45.8 Å². The minimum Gasteiger partial charge on any atom is -0.275 e. The molecule has 3 aromatic heterocycles. The number of nitrogens with zero attached hydrogens (tertiary/aromatic N) is 5. The molecular formula is C23H19F5N6O2S. The monoisotopic (exact) mass is 538 g/mol. The van der Waals surface area contributed by atoms with Crippen LogP contribution in [0, 0.1) is 23.1 Å².